The summed E-state index contributed by atoms with van der Waals surface area (Å²) >= 11 is 0. The van der Waals surface area contributed by atoms with Gasteiger partial charge >= 0.3 is 0 Å². The van der Waals surface area contributed by atoms with Crippen LogP contribution in [0.3, 0.4) is 0 Å². The molecule has 7 nitrogen and oxygen atoms in total. The molecule has 0 radical (unpaired) electrons. The third-order valence-electron chi connectivity index (χ3n) is 4.69. The van der Waals surface area contributed by atoms with E-state index in [-0.39, 0.29) is 5.91 Å². The number of nitrogens with zero attached hydrogens (tertiary/aromatic N) is 6. The van der Waals surface area contributed by atoms with Crippen molar-refractivity contribution >= 4 is 5.91 Å². The first kappa shape index (κ1) is 17.3. The lowest BCUT2D eigenvalue weighted by Gasteiger charge is -2.14. The number of hydrogen-bond donors (Lipinski definition) is 0. The first-order valence-electron chi connectivity index (χ1n) is 9.12. The second-order valence-corrected chi connectivity index (χ2v) is 7.26. The van der Waals surface area contributed by atoms with Crippen molar-refractivity contribution in [3.63, 3.8) is 0 Å². The smallest absolute Gasteiger partial charge is 0.257 e. The van der Waals surface area contributed by atoms with E-state index in [1.807, 2.05) is 31.3 Å². The molecule has 7 heteroatoms. The summed E-state index contributed by atoms with van der Waals surface area (Å²) in [7, 11) is 0. The highest BCUT2D eigenvalue weighted by molar-refractivity contribution is 5.95. The zero-order valence-electron chi connectivity index (χ0n) is 15.8. The first-order valence-corrected chi connectivity index (χ1v) is 9.12. The van der Waals surface area contributed by atoms with Crippen LogP contribution >= 0.6 is 0 Å². The number of amides is 1. The highest BCUT2D eigenvalue weighted by Crippen LogP contribution is 2.24. The van der Waals surface area contributed by atoms with Crippen LogP contribution in [0.5, 0.6) is 0 Å². The Morgan fingerprint density at radius 3 is 2.78 bits per heavy atom. The molecule has 4 heterocycles. The molecule has 0 fully saturated rings. The van der Waals surface area contributed by atoms with E-state index in [2.05, 4.69) is 33.9 Å². The highest BCUT2D eigenvalue weighted by Gasteiger charge is 2.28. The largest absolute Gasteiger partial charge is 0.328 e. The predicted octanol–water partition coefficient (Wildman–Crippen LogP) is 2.72. The highest BCUT2D eigenvalue weighted by atomic mass is 16.2. The van der Waals surface area contributed by atoms with E-state index in [1.54, 1.807) is 22.0 Å². The van der Waals surface area contributed by atoms with Gasteiger partial charge in [-0.05, 0) is 25.0 Å². The van der Waals surface area contributed by atoms with Crippen molar-refractivity contribution in [3.8, 4) is 5.82 Å². The predicted molar refractivity (Wildman–Crippen MR) is 100 cm³/mol. The van der Waals surface area contributed by atoms with E-state index in [1.165, 1.54) is 0 Å². The molecule has 0 aromatic carbocycles. The van der Waals surface area contributed by atoms with Crippen LogP contribution in [0.15, 0.2) is 36.8 Å². The molecular weight excluding hydrogens is 340 g/mol. The van der Waals surface area contributed by atoms with Gasteiger partial charge in [0.05, 0.1) is 29.7 Å². The van der Waals surface area contributed by atoms with Crippen LogP contribution in [-0.2, 0) is 19.5 Å². The van der Waals surface area contributed by atoms with E-state index in [0.717, 1.165) is 29.2 Å². The number of carbonyl (C=O) groups excluding carboxylic acids is 1. The molecule has 0 saturated carbocycles. The molecule has 0 atom stereocenters. The average Bonchev–Trinajstić information content (AvgIpc) is 3.24. The lowest BCUT2D eigenvalue weighted by Crippen LogP contribution is -2.25. The van der Waals surface area contributed by atoms with Crippen LogP contribution in [0.2, 0.25) is 0 Å². The van der Waals surface area contributed by atoms with Crippen molar-refractivity contribution in [2.75, 3.05) is 0 Å². The molecule has 1 amide bonds. The molecule has 1 aliphatic rings. The van der Waals surface area contributed by atoms with Gasteiger partial charge < -0.3 is 4.90 Å². The zero-order chi connectivity index (χ0) is 19.0. The third kappa shape index (κ3) is 3.32. The molecule has 3 aromatic heterocycles. The summed E-state index contributed by atoms with van der Waals surface area (Å²) in [5, 5.41) is 4.35. The Kier molecular flexibility index (Phi) is 4.43. The Morgan fingerprint density at radius 2 is 2.04 bits per heavy atom. The molecule has 4 rings (SSSR count). The van der Waals surface area contributed by atoms with Crippen molar-refractivity contribution in [3.05, 3.63) is 65.1 Å². The van der Waals surface area contributed by atoms with Crippen molar-refractivity contribution in [2.45, 2.75) is 40.3 Å². The fraction of sp³-hybridized carbons (Fsp3) is 0.350. The Morgan fingerprint density at radius 1 is 1.19 bits per heavy atom. The van der Waals surface area contributed by atoms with E-state index in [9.17, 15) is 4.79 Å². The van der Waals surface area contributed by atoms with Crippen molar-refractivity contribution in [1.29, 1.82) is 0 Å². The lowest BCUT2D eigenvalue weighted by molar-refractivity contribution is 0.0749. The summed E-state index contributed by atoms with van der Waals surface area (Å²) in [6, 6.07) is 5.62. The van der Waals surface area contributed by atoms with Crippen LogP contribution in [0.4, 0.5) is 0 Å². The average molecular weight is 362 g/mol. The van der Waals surface area contributed by atoms with Gasteiger partial charge in [0, 0.05) is 30.9 Å². The van der Waals surface area contributed by atoms with Crippen molar-refractivity contribution in [2.24, 2.45) is 5.92 Å². The molecular formula is C20H22N6O. The van der Waals surface area contributed by atoms with Gasteiger partial charge in [-0.15, -0.1) is 0 Å². The summed E-state index contributed by atoms with van der Waals surface area (Å²) in [5.41, 5.74) is 3.33. The summed E-state index contributed by atoms with van der Waals surface area (Å²) in [6.45, 7) is 7.22. The van der Waals surface area contributed by atoms with E-state index in [4.69, 9.17) is 0 Å². The summed E-state index contributed by atoms with van der Waals surface area (Å²) in [4.78, 5) is 28.3. The summed E-state index contributed by atoms with van der Waals surface area (Å²) < 4.78 is 1.69. The maximum atomic E-state index is 13.0. The minimum atomic E-state index is -0.0434. The van der Waals surface area contributed by atoms with Gasteiger partial charge in [-0.25, -0.2) is 19.6 Å². The topological polar surface area (TPSA) is 76.8 Å². The molecule has 1 aliphatic heterocycles. The summed E-state index contributed by atoms with van der Waals surface area (Å²) in [6.07, 6.45) is 6.03. The van der Waals surface area contributed by atoms with E-state index < -0.39 is 0 Å². The molecule has 0 unspecified atom stereocenters. The van der Waals surface area contributed by atoms with Crippen LogP contribution in [0.25, 0.3) is 5.82 Å². The number of carbonyl (C=O) groups is 1. The number of pyridine rings is 1. The van der Waals surface area contributed by atoms with E-state index in [0.29, 0.717) is 30.4 Å². The molecule has 0 bridgehead atoms. The fourth-order valence-corrected chi connectivity index (χ4v) is 3.30. The van der Waals surface area contributed by atoms with E-state index >= 15 is 0 Å². The molecule has 0 N–H and O–H groups in total. The SMILES string of the molecule is Cc1c(C(=O)N2Cc3cnc(CC(C)C)nc3C2)cnn1-c1ccccn1. The van der Waals surface area contributed by atoms with Gasteiger partial charge in [0.1, 0.15) is 5.82 Å². The molecule has 0 saturated heterocycles. The molecule has 0 spiro atoms. The minimum Gasteiger partial charge on any atom is -0.328 e. The molecule has 27 heavy (non-hydrogen) atoms. The molecule has 0 aliphatic carbocycles. The van der Waals surface area contributed by atoms with Crippen LogP contribution < -0.4 is 0 Å². The quantitative estimate of drug-likeness (QED) is 0.713. The second-order valence-electron chi connectivity index (χ2n) is 7.26. The maximum Gasteiger partial charge on any atom is 0.257 e. The zero-order valence-corrected chi connectivity index (χ0v) is 15.8. The van der Waals surface area contributed by atoms with Crippen LogP contribution in [0, 0.1) is 12.8 Å². The van der Waals surface area contributed by atoms with Crippen molar-refractivity contribution in [1.82, 2.24) is 29.6 Å². The number of hydrogen-bond acceptors (Lipinski definition) is 5. The Balaban J connectivity index is 1.55. The van der Waals surface area contributed by atoms with Crippen LogP contribution in [0.1, 0.15) is 47.0 Å². The second kappa shape index (κ2) is 6.90. The minimum absolute atomic E-state index is 0.0434. The lowest BCUT2D eigenvalue weighted by atomic mass is 10.1. The van der Waals surface area contributed by atoms with Gasteiger partial charge in [-0.3, -0.25) is 4.79 Å². The first-order chi connectivity index (χ1) is 13.0. The number of fused-ring (bicyclic) bond motifs is 1. The monoisotopic (exact) mass is 362 g/mol. The number of rotatable bonds is 4. The van der Waals surface area contributed by atoms with Crippen LogP contribution in [-0.4, -0.2) is 35.5 Å². The van der Waals surface area contributed by atoms with Gasteiger partial charge in [-0.2, -0.15) is 5.10 Å². The molecule has 3 aromatic rings. The Labute approximate surface area is 158 Å². The van der Waals surface area contributed by atoms with Crippen molar-refractivity contribution < 1.29 is 4.79 Å². The Bertz CT molecular complexity index is 979. The molecule has 138 valence electrons. The maximum absolute atomic E-state index is 13.0. The summed E-state index contributed by atoms with van der Waals surface area (Å²) in [5.74, 6) is 2.00. The van der Waals surface area contributed by atoms with Gasteiger partial charge in [-0.1, -0.05) is 19.9 Å². The van der Waals surface area contributed by atoms with Gasteiger partial charge in [0.25, 0.3) is 5.91 Å². The van der Waals surface area contributed by atoms with Gasteiger partial charge in [0.15, 0.2) is 5.82 Å². The Hall–Kier alpha value is -3.09. The normalized spacial score (nSPS) is 13.3. The third-order valence-corrected chi connectivity index (χ3v) is 4.69. The standard InChI is InChI=1S/C20H22N6O/c1-13(2)8-18-22-9-15-11-25(12-17(15)24-18)20(27)16-10-23-26(14(16)3)19-6-4-5-7-21-19/h4-7,9-10,13H,8,11-12H2,1-3H3. The fourth-order valence-electron chi connectivity index (χ4n) is 3.30. The number of aromatic nitrogens is 5. The van der Waals surface area contributed by atoms with Gasteiger partial charge in [0.2, 0.25) is 0 Å².